The molecule has 0 spiro atoms. The highest BCUT2D eigenvalue weighted by Crippen LogP contribution is 2.37. The molecule has 1 aromatic carbocycles. The molecule has 0 saturated carbocycles. The second-order valence-corrected chi connectivity index (χ2v) is 4.88. The molecule has 16 heavy (non-hydrogen) atoms. The van der Waals surface area contributed by atoms with E-state index < -0.39 is 5.24 Å². The Bertz CT molecular complexity index is 548. The Kier molecular flexibility index (Phi) is 3.38. The Morgan fingerprint density at radius 1 is 1.50 bits per heavy atom. The lowest BCUT2D eigenvalue weighted by atomic mass is 10.2. The van der Waals surface area contributed by atoms with Crippen molar-refractivity contribution in [2.24, 2.45) is 0 Å². The molecule has 1 aromatic heterocycles. The summed E-state index contributed by atoms with van der Waals surface area (Å²) in [4.78, 5) is 11.5. The van der Waals surface area contributed by atoms with Gasteiger partial charge in [-0.3, -0.25) is 4.79 Å². The van der Waals surface area contributed by atoms with Crippen molar-refractivity contribution in [2.75, 3.05) is 6.61 Å². The topological polar surface area (TPSA) is 26.3 Å². The van der Waals surface area contributed by atoms with Crippen molar-refractivity contribution in [1.82, 2.24) is 0 Å². The van der Waals surface area contributed by atoms with Gasteiger partial charge in [0.15, 0.2) is 0 Å². The van der Waals surface area contributed by atoms with Gasteiger partial charge in [-0.15, -0.1) is 11.3 Å². The van der Waals surface area contributed by atoms with Gasteiger partial charge < -0.3 is 4.74 Å². The summed E-state index contributed by atoms with van der Waals surface area (Å²) in [6.45, 7) is 2.52. The van der Waals surface area contributed by atoms with Crippen molar-refractivity contribution in [3.63, 3.8) is 0 Å². The zero-order valence-electron chi connectivity index (χ0n) is 8.42. The van der Waals surface area contributed by atoms with Gasteiger partial charge in [-0.2, -0.15) is 0 Å². The molecule has 2 nitrogen and oxygen atoms in total. The second-order valence-electron chi connectivity index (χ2n) is 3.11. The van der Waals surface area contributed by atoms with Gasteiger partial charge in [0, 0.05) is 10.1 Å². The summed E-state index contributed by atoms with van der Waals surface area (Å²) >= 11 is 12.8. The number of carbonyl (C=O) groups is 1. The van der Waals surface area contributed by atoms with Crippen molar-refractivity contribution in [3.05, 3.63) is 28.1 Å². The minimum atomic E-state index is -0.524. The number of carbonyl (C=O) groups excluding carboxylic acids is 1. The van der Waals surface area contributed by atoms with Crippen LogP contribution < -0.4 is 4.74 Å². The number of fused-ring (bicyclic) bond motifs is 1. The van der Waals surface area contributed by atoms with Gasteiger partial charge in [0.2, 0.25) is 0 Å². The quantitative estimate of drug-likeness (QED) is 0.779. The first-order chi connectivity index (χ1) is 7.63. The first-order valence-corrected chi connectivity index (χ1v) is 6.25. The van der Waals surface area contributed by atoms with E-state index in [9.17, 15) is 4.79 Å². The van der Waals surface area contributed by atoms with Crippen molar-refractivity contribution in [1.29, 1.82) is 0 Å². The maximum atomic E-state index is 11.1. The molecule has 0 amide bonds. The highest BCUT2D eigenvalue weighted by Gasteiger charge is 2.15. The number of benzene rings is 1. The average molecular weight is 275 g/mol. The van der Waals surface area contributed by atoms with Gasteiger partial charge in [0.25, 0.3) is 5.24 Å². The first kappa shape index (κ1) is 11.7. The maximum Gasteiger partial charge on any atom is 0.263 e. The van der Waals surface area contributed by atoms with Crippen LogP contribution in [0, 0.1) is 0 Å². The van der Waals surface area contributed by atoms with Gasteiger partial charge in [-0.05, 0) is 36.7 Å². The van der Waals surface area contributed by atoms with Crippen LogP contribution in [0.1, 0.15) is 16.6 Å². The summed E-state index contributed by atoms with van der Waals surface area (Å²) in [6, 6.07) is 5.52. The number of halogens is 2. The molecule has 0 unspecified atom stereocenters. The molecule has 0 aliphatic carbocycles. The molecule has 0 aliphatic heterocycles. The van der Waals surface area contributed by atoms with Crippen molar-refractivity contribution in [3.8, 4) is 5.75 Å². The van der Waals surface area contributed by atoms with E-state index in [-0.39, 0.29) is 0 Å². The molecule has 5 heteroatoms. The fraction of sp³-hybridized carbons (Fsp3) is 0.182. The van der Waals surface area contributed by atoms with Gasteiger partial charge in [0.1, 0.15) is 10.6 Å². The van der Waals surface area contributed by atoms with Crippen molar-refractivity contribution >= 4 is 49.9 Å². The van der Waals surface area contributed by atoms with Gasteiger partial charge in [-0.1, -0.05) is 11.6 Å². The average Bonchev–Trinajstić information content (AvgIpc) is 2.56. The summed E-state index contributed by atoms with van der Waals surface area (Å²) in [5.74, 6) is 0.765. The molecule has 2 rings (SSSR count). The third-order valence-corrected chi connectivity index (χ3v) is 4.05. The lowest BCUT2D eigenvalue weighted by Gasteiger charge is -2.01. The third kappa shape index (κ3) is 2.03. The van der Waals surface area contributed by atoms with Crippen LogP contribution in [0.25, 0.3) is 10.1 Å². The van der Waals surface area contributed by atoms with Crippen LogP contribution >= 0.6 is 34.5 Å². The highest BCUT2D eigenvalue weighted by atomic mass is 35.5. The summed E-state index contributed by atoms with van der Waals surface area (Å²) in [5.41, 5.74) is 0. The van der Waals surface area contributed by atoms with E-state index in [4.69, 9.17) is 27.9 Å². The van der Waals surface area contributed by atoms with Crippen LogP contribution in [0.3, 0.4) is 0 Å². The number of ether oxygens (including phenoxy) is 1. The monoisotopic (exact) mass is 274 g/mol. The van der Waals surface area contributed by atoms with Crippen LogP contribution in [-0.2, 0) is 0 Å². The van der Waals surface area contributed by atoms with Gasteiger partial charge >= 0.3 is 0 Å². The Morgan fingerprint density at radius 2 is 2.25 bits per heavy atom. The van der Waals surface area contributed by atoms with Crippen molar-refractivity contribution < 1.29 is 9.53 Å². The molecule has 84 valence electrons. The zero-order valence-corrected chi connectivity index (χ0v) is 10.7. The number of hydrogen-bond donors (Lipinski definition) is 0. The van der Waals surface area contributed by atoms with E-state index in [1.54, 1.807) is 0 Å². The van der Waals surface area contributed by atoms with Crippen LogP contribution in [-0.4, -0.2) is 11.8 Å². The summed E-state index contributed by atoms with van der Waals surface area (Å²) < 4.78 is 6.27. The number of thiophene rings is 1. The van der Waals surface area contributed by atoms with Crippen molar-refractivity contribution in [2.45, 2.75) is 6.92 Å². The maximum absolute atomic E-state index is 11.1. The third-order valence-electron chi connectivity index (χ3n) is 2.09. The van der Waals surface area contributed by atoms with Crippen LogP contribution in [0.2, 0.25) is 5.02 Å². The number of hydrogen-bond acceptors (Lipinski definition) is 3. The molecule has 0 aliphatic rings. The van der Waals surface area contributed by atoms with E-state index in [1.165, 1.54) is 11.3 Å². The lowest BCUT2D eigenvalue weighted by Crippen LogP contribution is -1.89. The molecule has 0 fully saturated rings. The fourth-order valence-corrected chi connectivity index (χ4v) is 3.06. The largest absolute Gasteiger partial charge is 0.494 e. The summed E-state index contributed by atoms with van der Waals surface area (Å²) in [6.07, 6.45) is 0. The SMILES string of the molecule is CCOc1ccc2c(Cl)c(C(=O)Cl)sc2c1. The molecule has 0 bridgehead atoms. The summed E-state index contributed by atoms with van der Waals surface area (Å²) in [5, 5.41) is 0.728. The predicted molar refractivity (Wildman–Crippen MR) is 68.2 cm³/mol. The smallest absolute Gasteiger partial charge is 0.263 e. The summed E-state index contributed by atoms with van der Waals surface area (Å²) in [7, 11) is 0. The van der Waals surface area contributed by atoms with Crippen LogP contribution in [0.5, 0.6) is 5.75 Å². The Morgan fingerprint density at radius 3 is 2.88 bits per heavy atom. The second kappa shape index (κ2) is 4.62. The minimum absolute atomic E-state index is 0.381. The van der Waals surface area contributed by atoms with E-state index in [2.05, 4.69) is 0 Å². The molecular weight excluding hydrogens is 267 g/mol. The molecule has 1 heterocycles. The number of rotatable bonds is 3. The molecule has 0 N–H and O–H groups in total. The van der Waals surface area contributed by atoms with E-state index >= 15 is 0 Å². The minimum Gasteiger partial charge on any atom is -0.494 e. The predicted octanol–water partition coefficient (Wildman–Crippen LogP) is 4.33. The fourth-order valence-electron chi connectivity index (χ4n) is 1.43. The van der Waals surface area contributed by atoms with Crippen LogP contribution in [0.15, 0.2) is 18.2 Å². The zero-order chi connectivity index (χ0) is 11.7. The molecule has 0 radical (unpaired) electrons. The van der Waals surface area contributed by atoms with Crippen LogP contribution in [0.4, 0.5) is 0 Å². The molecule has 0 saturated heterocycles. The van der Waals surface area contributed by atoms with Gasteiger partial charge in [0.05, 0.1) is 11.6 Å². The Labute approximate surface area is 107 Å². The lowest BCUT2D eigenvalue weighted by molar-refractivity contribution is 0.108. The van der Waals surface area contributed by atoms with E-state index in [0.717, 1.165) is 15.8 Å². The standard InChI is InChI=1S/C11H8Cl2O2S/c1-2-15-6-3-4-7-8(5-6)16-10(9(7)12)11(13)14/h3-5H,2H2,1H3. The first-order valence-electron chi connectivity index (χ1n) is 4.68. The van der Waals surface area contributed by atoms with Gasteiger partial charge in [-0.25, -0.2) is 0 Å². The molecule has 0 atom stereocenters. The highest BCUT2D eigenvalue weighted by molar-refractivity contribution is 7.23. The van der Waals surface area contributed by atoms with E-state index in [0.29, 0.717) is 16.5 Å². The Balaban J connectivity index is 2.58. The van der Waals surface area contributed by atoms with E-state index in [1.807, 2.05) is 25.1 Å². The normalized spacial score (nSPS) is 10.7. The molecular formula is C11H8Cl2O2S. The Hall–Kier alpha value is -0.770. The molecule has 2 aromatic rings.